The van der Waals surface area contributed by atoms with E-state index in [1.165, 1.54) is 39.9 Å². The summed E-state index contributed by atoms with van der Waals surface area (Å²) in [5, 5.41) is 3.61. The summed E-state index contributed by atoms with van der Waals surface area (Å²) in [5.41, 5.74) is 1.37. The van der Waals surface area contributed by atoms with E-state index in [0.29, 0.717) is 6.04 Å². The molecule has 1 aromatic heterocycles. The first-order valence-corrected chi connectivity index (χ1v) is 7.81. The summed E-state index contributed by atoms with van der Waals surface area (Å²) in [4.78, 5) is 1.49. The summed E-state index contributed by atoms with van der Waals surface area (Å²) in [7, 11) is 0. The zero-order valence-corrected chi connectivity index (χ0v) is 12.5. The standard InChI is InChI=1S/C13H20BrNS/c1-3-15-11(7-6-10-4-5-10)12-8-9(2)13(14)16-12/h8,10-11,15H,3-7H2,1-2H3. The Morgan fingerprint density at radius 3 is 2.81 bits per heavy atom. The van der Waals surface area contributed by atoms with Crippen molar-refractivity contribution in [1.82, 2.24) is 5.32 Å². The molecule has 1 fully saturated rings. The monoisotopic (exact) mass is 301 g/mol. The minimum atomic E-state index is 0.570. The maximum Gasteiger partial charge on any atom is 0.0731 e. The van der Waals surface area contributed by atoms with Crippen LogP contribution in [-0.2, 0) is 0 Å². The van der Waals surface area contributed by atoms with Gasteiger partial charge in [0.1, 0.15) is 0 Å². The van der Waals surface area contributed by atoms with Gasteiger partial charge in [-0.3, -0.25) is 0 Å². The molecule has 1 aliphatic carbocycles. The first-order chi connectivity index (χ1) is 7.70. The van der Waals surface area contributed by atoms with Crippen LogP contribution in [0.4, 0.5) is 0 Å². The van der Waals surface area contributed by atoms with Gasteiger partial charge in [0.2, 0.25) is 0 Å². The van der Waals surface area contributed by atoms with Gasteiger partial charge in [0.05, 0.1) is 3.79 Å². The predicted molar refractivity (Wildman–Crippen MR) is 75.1 cm³/mol. The van der Waals surface area contributed by atoms with Crippen LogP contribution in [0.2, 0.25) is 0 Å². The van der Waals surface area contributed by atoms with Gasteiger partial charge in [-0.05, 0) is 59.8 Å². The molecule has 1 heterocycles. The van der Waals surface area contributed by atoms with Crippen molar-refractivity contribution in [3.05, 3.63) is 20.3 Å². The minimum Gasteiger partial charge on any atom is -0.310 e. The molecule has 0 amide bonds. The number of rotatable bonds is 6. The Bertz CT molecular complexity index is 324. The molecule has 1 saturated carbocycles. The molecule has 0 bridgehead atoms. The number of hydrogen-bond donors (Lipinski definition) is 1. The molecule has 90 valence electrons. The summed E-state index contributed by atoms with van der Waals surface area (Å²) in [6.07, 6.45) is 5.62. The summed E-state index contributed by atoms with van der Waals surface area (Å²) in [6, 6.07) is 2.90. The first kappa shape index (κ1) is 12.6. The zero-order chi connectivity index (χ0) is 11.5. The maximum absolute atomic E-state index is 3.62. The van der Waals surface area contributed by atoms with E-state index in [4.69, 9.17) is 0 Å². The van der Waals surface area contributed by atoms with Gasteiger partial charge in [-0.1, -0.05) is 19.8 Å². The number of aryl methyl sites for hydroxylation is 1. The maximum atomic E-state index is 3.62. The Morgan fingerprint density at radius 1 is 1.56 bits per heavy atom. The third kappa shape index (κ3) is 3.31. The molecule has 1 nitrogen and oxygen atoms in total. The van der Waals surface area contributed by atoms with Crippen LogP contribution in [0.5, 0.6) is 0 Å². The second-order valence-electron chi connectivity index (χ2n) is 4.74. The highest BCUT2D eigenvalue weighted by Gasteiger charge is 2.23. The van der Waals surface area contributed by atoms with Gasteiger partial charge in [-0.2, -0.15) is 0 Å². The average Bonchev–Trinajstić information content (AvgIpc) is 3.01. The van der Waals surface area contributed by atoms with E-state index in [-0.39, 0.29) is 0 Å². The van der Waals surface area contributed by atoms with Crippen LogP contribution in [0.1, 0.15) is 49.1 Å². The number of hydrogen-bond acceptors (Lipinski definition) is 2. The molecule has 1 atom stereocenters. The molecule has 0 aliphatic heterocycles. The lowest BCUT2D eigenvalue weighted by Crippen LogP contribution is -2.20. The van der Waals surface area contributed by atoms with Crippen molar-refractivity contribution in [2.45, 2.75) is 45.6 Å². The van der Waals surface area contributed by atoms with Crippen LogP contribution >= 0.6 is 27.3 Å². The Balaban J connectivity index is 1.98. The average molecular weight is 302 g/mol. The molecule has 2 rings (SSSR count). The van der Waals surface area contributed by atoms with Crippen molar-refractivity contribution in [1.29, 1.82) is 0 Å². The number of nitrogens with one attached hydrogen (secondary N) is 1. The molecule has 0 aromatic carbocycles. The molecule has 1 unspecified atom stereocenters. The van der Waals surface area contributed by atoms with Gasteiger partial charge in [-0.25, -0.2) is 0 Å². The van der Waals surface area contributed by atoms with Crippen molar-refractivity contribution in [2.24, 2.45) is 5.92 Å². The van der Waals surface area contributed by atoms with Crippen LogP contribution in [-0.4, -0.2) is 6.54 Å². The van der Waals surface area contributed by atoms with Crippen LogP contribution in [0.3, 0.4) is 0 Å². The molecule has 0 radical (unpaired) electrons. The number of halogens is 1. The Labute approximate surface area is 111 Å². The highest BCUT2D eigenvalue weighted by atomic mass is 79.9. The third-order valence-corrected chi connectivity index (χ3v) is 5.48. The molecule has 16 heavy (non-hydrogen) atoms. The van der Waals surface area contributed by atoms with Gasteiger partial charge >= 0.3 is 0 Å². The van der Waals surface area contributed by atoms with Gasteiger partial charge in [0, 0.05) is 10.9 Å². The van der Waals surface area contributed by atoms with Gasteiger partial charge < -0.3 is 5.32 Å². The fourth-order valence-corrected chi connectivity index (χ4v) is 3.74. The van der Waals surface area contributed by atoms with Crippen molar-refractivity contribution in [2.75, 3.05) is 6.54 Å². The van der Waals surface area contributed by atoms with Gasteiger partial charge in [0.25, 0.3) is 0 Å². The second-order valence-corrected chi connectivity index (χ2v) is 7.14. The van der Waals surface area contributed by atoms with Gasteiger partial charge in [0.15, 0.2) is 0 Å². The molecule has 1 aliphatic rings. The molecule has 1 N–H and O–H groups in total. The van der Waals surface area contributed by atoms with Gasteiger partial charge in [-0.15, -0.1) is 11.3 Å². The zero-order valence-electron chi connectivity index (χ0n) is 10.1. The van der Waals surface area contributed by atoms with Crippen LogP contribution in [0, 0.1) is 12.8 Å². The fourth-order valence-electron chi connectivity index (χ4n) is 2.06. The van der Waals surface area contributed by atoms with Crippen molar-refractivity contribution < 1.29 is 0 Å². The Hall–Kier alpha value is 0.140. The summed E-state index contributed by atoms with van der Waals surface area (Å²) in [6.45, 7) is 5.43. The number of thiophene rings is 1. The lowest BCUT2D eigenvalue weighted by atomic mass is 10.1. The molecule has 1 aromatic rings. The summed E-state index contributed by atoms with van der Waals surface area (Å²) >= 11 is 5.51. The van der Waals surface area contributed by atoms with Crippen LogP contribution < -0.4 is 5.32 Å². The van der Waals surface area contributed by atoms with E-state index >= 15 is 0 Å². The molecular formula is C13H20BrNS. The summed E-state index contributed by atoms with van der Waals surface area (Å²) in [5.74, 6) is 1.03. The highest BCUT2D eigenvalue weighted by Crippen LogP contribution is 2.38. The molecular weight excluding hydrogens is 282 g/mol. The minimum absolute atomic E-state index is 0.570. The van der Waals surface area contributed by atoms with E-state index in [2.05, 4.69) is 41.2 Å². The normalized spacial score (nSPS) is 17.7. The smallest absolute Gasteiger partial charge is 0.0731 e. The molecule has 0 saturated heterocycles. The quantitative estimate of drug-likeness (QED) is 0.806. The fraction of sp³-hybridized carbons (Fsp3) is 0.692. The third-order valence-electron chi connectivity index (χ3n) is 3.23. The summed E-state index contributed by atoms with van der Waals surface area (Å²) < 4.78 is 1.29. The molecule has 3 heteroatoms. The Kier molecular flexibility index (Phi) is 4.45. The van der Waals surface area contributed by atoms with Crippen molar-refractivity contribution in [3.8, 4) is 0 Å². The SMILES string of the molecule is CCNC(CCC1CC1)c1cc(C)c(Br)s1. The van der Waals surface area contributed by atoms with E-state index < -0.39 is 0 Å². The van der Waals surface area contributed by atoms with E-state index in [0.717, 1.165) is 12.5 Å². The lowest BCUT2D eigenvalue weighted by molar-refractivity contribution is 0.488. The lowest BCUT2D eigenvalue weighted by Gasteiger charge is -2.15. The topological polar surface area (TPSA) is 12.0 Å². The predicted octanol–water partition coefficient (Wildman–Crippen LogP) is 4.66. The van der Waals surface area contributed by atoms with Crippen molar-refractivity contribution in [3.63, 3.8) is 0 Å². The Morgan fingerprint density at radius 2 is 2.31 bits per heavy atom. The van der Waals surface area contributed by atoms with Crippen LogP contribution in [0.15, 0.2) is 9.85 Å². The van der Waals surface area contributed by atoms with Crippen molar-refractivity contribution >= 4 is 27.3 Å². The largest absolute Gasteiger partial charge is 0.310 e. The first-order valence-electron chi connectivity index (χ1n) is 6.20. The van der Waals surface area contributed by atoms with Crippen LogP contribution in [0.25, 0.3) is 0 Å². The van der Waals surface area contributed by atoms with E-state index in [1.807, 2.05) is 11.3 Å². The molecule has 0 spiro atoms. The van der Waals surface area contributed by atoms with E-state index in [1.54, 1.807) is 0 Å². The second kappa shape index (κ2) is 5.65. The highest BCUT2D eigenvalue weighted by molar-refractivity contribution is 9.11. The van der Waals surface area contributed by atoms with E-state index in [9.17, 15) is 0 Å².